The minimum Gasteiger partial charge on any atom is -0.483 e. The van der Waals surface area contributed by atoms with Crippen molar-refractivity contribution in [2.75, 3.05) is 6.54 Å². The Hall–Kier alpha value is -2.60. The molecular formula is C24H20Cl2N4O. The zero-order valence-electron chi connectivity index (χ0n) is 17.0. The third-order valence-electron chi connectivity index (χ3n) is 6.24. The molecule has 2 aliphatic heterocycles. The van der Waals surface area contributed by atoms with E-state index in [1.807, 2.05) is 48.1 Å². The third kappa shape index (κ3) is 3.11. The summed E-state index contributed by atoms with van der Waals surface area (Å²) in [4.78, 5) is 4.48. The number of aryl methyl sites for hydroxylation is 1. The van der Waals surface area contributed by atoms with Gasteiger partial charge in [0, 0.05) is 77.0 Å². The van der Waals surface area contributed by atoms with Crippen molar-refractivity contribution in [1.29, 1.82) is 0 Å². The molecule has 0 radical (unpaired) electrons. The van der Waals surface area contributed by atoms with Gasteiger partial charge in [0.15, 0.2) is 0 Å². The summed E-state index contributed by atoms with van der Waals surface area (Å²) in [5.41, 5.74) is 7.54. The van der Waals surface area contributed by atoms with Crippen molar-refractivity contribution < 1.29 is 4.74 Å². The van der Waals surface area contributed by atoms with Crippen molar-refractivity contribution in [1.82, 2.24) is 20.1 Å². The molecule has 4 heterocycles. The number of fused-ring (bicyclic) bond motifs is 3. The molecule has 2 aromatic carbocycles. The standard InChI is InChI=1S/C24H20Cl2N4O/c1-30-21-5-6-27-12-19(21)23(29-30)22-9-13-8-15(26)10-18(24(13)31-22)16-4-7-28-20-11-14(25)2-3-17(16)20/h2-4,7-8,10-11,22,27H,5-6,9,12H2,1H3/t22-/m1/s1. The van der Waals surface area contributed by atoms with E-state index in [1.54, 1.807) is 6.20 Å². The van der Waals surface area contributed by atoms with Crippen molar-refractivity contribution >= 4 is 34.1 Å². The Bertz CT molecular complexity index is 1350. The van der Waals surface area contributed by atoms with Crippen molar-refractivity contribution in [3.8, 4) is 16.9 Å². The molecule has 0 saturated heterocycles. The number of aromatic nitrogens is 3. The highest BCUT2D eigenvalue weighted by atomic mass is 35.5. The lowest BCUT2D eigenvalue weighted by Crippen LogP contribution is -2.25. The Kier molecular flexibility index (Phi) is 4.46. The molecule has 2 aromatic heterocycles. The zero-order valence-corrected chi connectivity index (χ0v) is 18.5. The van der Waals surface area contributed by atoms with Gasteiger partial charge in [0.1, 0.15) is 17.5 Å². The average molecular weight is 451 g/mol. The molecule has 7 heteroatoms. The van der Waals surface area contributed by atoms with Crippen LogP contribution in [0.4, 0.5) is 0 Å². The predicted molar refractivity (Wildman–Crippen MR) is 123 cm³/mol. The number of nitrogens with one attached hydrogen (secondary N) is 1. The topological polar surface area (TPSA) is 52.0 Å². The smallest absolute Gasteiger partial charge is 0.147 e. The van der Waals surface area contributed by atoms with Gasteiger partial charge in [0.2, 0.25) is 0 Å². The molecule has 0 saturated carbocycles. The molecule has 6 rings (SSSR count). The van der Waals surface area contributed by atoms with Gasteiger partial charge < -0.3 is 10.1 Å². The highest BCUT2D eigenvalue weighted by molar-refractivity contribution is 6.31. The number of hydrogen-bond acceptors (Lipinski definition) is 4. The minimum absolute atomic E-state index is 0.121. The predicted octanol–water partition coefficient (Wildman–Crippen LogP) is 5.26. The van der Waals surface area contributed by atoms with Crippen LogP contribution in [0.1, 0.15) is 28.6 Å². The summed E-state index contributed by atoms with van der Waals surface area (Å²) >= 11 is 12.7. The van der Waals surface area contributed by atoms with Gasteiger partial charge in [-0.05, 0) is 35.9 Å². The molecule has 4 aromatic rings. The van der Waals surface area contributed by atoms with Gasteiger partial charge in [-0.25, -0.2) is 0 Å². The summed E-state index contributed by atoms with van der Waals surface area (Å²) in [5, 5.41) is 10.7. The van der Waals surface area contributed by atoms with E-state index >= 15 is 0 Å². The first kappa shape index (κ1) is 19.1. The SMILES string of the molecule is Cn1nc([C@H]2Cc3cc(Cl)cc(-c4ccnc5cc(Cl)ccc45)c3O2)c2c1CCNC2. The largest absolute Gasteiger partial charge is 0.483 e. The lowest BCUT2D eigenvalue weighted by atomic mass is 9.97. The quantitative estimate of drug-likeness (QED) is 0.452. The molecular weight excluding hydrogens is 431 g/mol. The minimum atomic E-state index is -0.121. The second-order valence-electron chi connectivity index (χ2n) is 8.13. The monoisotopic (exact) mass is 450 g/mol. The number of nitrogens with zero attached hydrogens (tertiary/aromatic N) is 3. The molecule has 0 amide bonds. The second-order valence-corrected chi connectivity index (χ2v) is 9.01. The molecule has 31 heavy (non-hydrogen) atoms. The maximum atomic E-state index is 6.58. The van der Waals surface area contributed by atoms with Crippen LogP contribution in [0.2, 0.25) is 10.0 Å². The Morgan fingerprint density at radius 2 is 2.00 bits per heavy atom. The molecule has 2 aliphatic rings. The van der Waals surface area contributed by atoms with Crippen LogP contribution in [-0.2, 0) is 26.4 Å². The fraction of sp³-hybridized carbons (Fsp3) is 0.250. The molecule has 1 atom stereocenters. The number of rotatable bonds is 2. The maximum absolute atomic E-state index is 6.58. The van der Waals surface area contributed by atoms with Crippen molar-refractivity contribution in [3.63, 3.8) is 0 Å². The zero-order chi connectivity index (χ0) is 21.1. The highest BCUT2D eigenvalue weighted by Crippen LogP contribution is 2.47. The van der Waals surface area contributed by atoms with E-state index in [0.29, 0.717) is 10.0 Å². The summed E-state index contributed by atoms with van der Waals surface area (Å²) in [6.45, 7) is 1.81. The summed E-state index contributed by atoms with van der Waals surface area (Å²) < 4.78 is 8.58. The van der Waals surface area contributed by atoms with Crippen LogP contribution < -0.4 is 10.1 Å². The number of halogens is 2. The lowest BCUT2D eigenvalue weighted by molar-refractivity contribution is 0.231. The average Bonchev–Trinajstić information content (AvgIpc) is 3.34. The molecule has 0 unspecified atom stereocenters. The fourth-order valence-corrected chi connectivity index (χ4v) is 5.25. The maximum Gasteiger partial charge on any atom is 0.147 e. The van der Waals surface area contributed by atoms with E-state index in [0.717, 1.165) is 65.0 Å². The molecule has 0 bridgehead atoms. The van der Waals surface area contributed by atoms with E-state index in [4.69, 9.17) is 33.0 Å². The van der Waals surface area contributed by atoms with Gasteiger partial charge in [-0.15, -0.1) is 0 Å². The van der Waals surface area contributed by atoms with Crippen LogP contribution in [0.3, 0.4) is 0 Å². The summed E-state index contributed by atoms with van der Waals surface area (Å²) in [6.07, 6.45) is 3.42. The molecule has 1 N–H and O–H groups in total. The number of pyridine rings is 1. The van der Waals surface area contributed by atoms with E-state index in [-0.39, 0.29) is 6.10 Å². The third-order valence-corrected chi connectivity index (χ3v) is 6.70. The highest BCUT2D eigenvalue weighted by Gasteiger charge is 2.33. The van der Waals surface area contributed by atoms with Gasteiger partial charge in [0.25, 0.3) is 0 Å². The second kappa shape index (κ2) is 7.23. The van der Waals surface area contributed by atoms with Crippen molar-refractivity contribution in [2.24, 2.45) is 7.05 Å². The van der Waals surface area contributed by atoms with E-state index in [2.05, 4.69) is 10.3 Å². The summed E-state index contributed by atoms with van der Waals surface area (Å²) in [6, 6.07) is 11.8. The molecule has 5 nitrogen and oxygen atoms in total. The van der Waals surface area contributed by atoms with E-state index in [1.165, 1.54) is 11.3 Å². The molecule has 0 fully saturated rings. The Morgan fingerprint density at radius 3 is 2.90 bits per heavy atom. The molecule has 0 aliphatic carbocycles. The Morgan fingerprint density at radius 1 is 1.10 bits per heavy atom. The van der Waals surface area contributed by atoms with Crippen LogP contribution in [0.15, 0.2) is 42.6 Å². The van der Waals surface area contributed by atoms with Gasteiger partial charge in [0.05, 0.1) is 5.52 Å². The van der Waals surface area contributed by atoms with Crippen molar-refractivity contribution in [3.05, 3.63) is 75.2 Å². The van der Waals surface area contributed by atoms with Crippen LogP contribution in [0.25, 0.3) is 22.0 Å². The normalized spacial score (nSPS) is 17.5. The van der Waals surface area contributed by atoms with Crippen LogP contribution in [-0.4, -0.2) is 21.3 Å². The lowest BCUT2D eigenvalue weighted by Gasteiger charge is -2.17. The molecule has 0 spiro atoms. The summed E-state index contributed by atoms with van der Waals surface area (Å²) in [5.74, 6) is 0.875. The number of ether oxygens (including phenoxy) is 1. The Balaban J connectivity index is 1.47. The van der Waals surface area contributed by atoms with E-state index in [9.17, 15) is 0 Å². The number of benzene rings is 2. The van der Waals surface area contributed by atoms with Crippen LogP contribution in [0.5, 0.6) is 5.75 Å². The Labute approximate surface area is 190 Å². The van der Waals surface area contributed by atoms with Crippen molar-refractivity contribution in [2.45, 2.75) is 25.5 Å². The van der Waals surface area contributed by atoms with Gasteiger partial charge in [-0.3, -0.25) is 9.67 Å². The van der Waals surface area contributed by atoms with Gasteiger partial charge in [-0.1, -0.05) is 29.3 Å². The summed E-state index contributed by atoms with van der Waals surface area (Å²) in [7, 11) is 2.02. The first-order chi connectivity index (χ1) is 15.1. The van der Waals surface area contributed by atoms with Crippen LogP contribution in [0, 0.1) is 0 Å². The van der Waals surface area contributed by atoms with Crippen LogP contribution >= 0.6 is 23.2 Å². The first-order valence-electron chi connectivity index (χ1n) is 10.4. The van der Waals surface area contributed by atoms with Gasteiger partial charge >= 0.3 is 0 Å². The van der Waals surface area contributed by atoms with Gasteiger partial charge in [-0.2, -0.15) is 5.10 Å². The molecule has 156 valence electrons. The van der Waals surface area contributed by atoms with E-state index < -0.39 is 0 Å². The first-order valence-corrected chi connectivity index (χ1v) is 11.1. The fourth-order valence-electron chi connectivity index (χ4n) is 4.84. The number of hydrogen-bond donors (Lipinski definition) is 1.